The zero-order valence-electron chi connectivity index (χ0n) is 21.8. The van der Waals surface area contributed by atoms with E-state index in [0.717, 1.165) is 68.6 Å². The smallest absolute Gasteiger partial charge is 0.245 e. The minimum Gasteiger partial charge on any atom is -0.473 e. The number of ether oxygens (including phenoxy) is 2. The molecule has 7 rings (SSSR count). The summed E-state index contributed by atoms with van der Waals surface area (Å²) in [5.74, 6) is 1.63. The molecule has 1 saturated heterocycles. The van der Waals surface area contributed by atoms with Gasteiger partial charge in [-0.05, 0) is 61.3 Å². The zero-order valence-corrected chi connectivity index (χ0v) is 21.8. The van der Waals surface area contributed by atoms with Gasteiger partial charge in [0.2, 0.25) is 11.6 Å². The molecule has 202 valence electrons. The molecule has 2 aliphatic carbocycles. The Morgan fingerprint density at radius 2 is 2.15 bits per heavy atom. The molecule has 4 aromatic rings. The number of halogens is 1. The first kappa shape index (κ1) is 24.7. The predicted octanol–water partition coefficient (Wildman–Crippen LogP) is 5.96. The van der Waals surface area contributed by atoms with Crippen molar-refractivity contribution in [1.82, 2.24) is 14.5 Å². The Morgan fingerprint density at radius 1 is 1.25 bits per heavy atom. The molecule has 1 saturated carbocycles. The van der Waals surface area contributed by atoms with E-state index in [0.29, 0.717) is 28.8 Å². The van der Waals surface area contributed by atoms with E-state index in [9.17, 15) is 9.18 Å². The van der Waals surface area contributed by atoms with E-state index in [1.54, 1.807) is 24.3 Å². The molecule has 0 radical (unpaired) electrons. The second-order valence-electron chi connectivity index (χ2n) is 10.9. The minimum atomic E-state index is -0.465. The first-order valence-corrected chi connectivity index (χ1v) is 13.6. The Bertz CT molecular complexity index is 1700. The third kappa shape index (κ3) is 4.38. The topological polar surface area (TPSA) is 103 Å². The average molecular weight is 539 g/mol. The highest BCUT2D eigenvalue weighted by Gasteiger charge is 2.56. The van der Waals surface area contributed by atoms with E-state index < -0.39 is 5.82 Å². The van der Waals surface area contributed by atoms with Crippen LogP contribution in [0.15, 0.2) is 53.0 Å². The predicted molar refractivity (Wildman–Crippen MR) is 143 cm³/mol. The van der Waals surface area contributed by atoms with Gasteiger partial charge in [0.15, 0.2) is 12.0 Å². The number of hydrogen-bond acceptors (Lipinski definition) is 7. The Kier molecular flexibility index (Phi) is 6.01. The molecule has 2 fully saturated rings. The molecule has 1 aliphatic heterocycles. The van der Waals surface area contributed by atoms with Crippen molar-refractivity contribution in [2.45, 2.75) is 57.3 Å². The van der Waals surface area contributed by atoms with Crippen molar-refractivity contribution in [3.05, 3.63) is 82.8 Å². The Hall–Kier alpha value is -4.29. The number of carbonyl (C=O) groups excluding carboxylic acids is 1. The normalized spacial score (nSPS) is 23.4. The Balaban J connectivity index is 1.06. The number of aromatic nitrogens is 3. The first-order valence-electron chi connectivity index (χ1n) is 13.6. The van der Waals surface area contributed by atoms with Crippen LogP contribution in [0, 0.1) is 22.6 Å². The summed E-state index contributed by atoms with van der Waals surface area (Å²) in [5.41, 5.74) is 4.25. The van der Waals surface area contributed by atoms with Crippen LogP contribution in [0.4, 0.5) is 4.39 Å². The van der Waals surface area contributed by atoms with Gasteiger partial charge < -0.3 is 18.5 Å². The summed E-state index contributed by atoms with van der Waals surface area (Å²) in [6.07, 6.45) is 8.13. The van der Waals surface area contributed by atoms with Crippen molar-refractivity contribution in [1.29, 1.82) is 5.26 Å². The molecule has 9 heteroatoms. The largest absolute Gasteiger partial charge is 0.473 e. The van der Waals surface area contributed by atoms with Crippen LogP contribution in [0.3, 0.4) is 0 Å². The number of nitriles is 1. The molecule has 0 bridgehead atoms. The highest BCUT2D eigenvalue weighted by atomic mass is 19.1. The van der Waals surface area contributed by atoms with Crippen molar-refractivity contribution in [3.63, 3.8) is 0 Å². The standard InChI is InChI=1S/C31H27FN4O4/c32-25-12-19(15-33)4-5-21(25)18-39-28-3-1-2-26(34-28)20-6-9-31(10-7-20)14-24(31)29-35-30-27(13-23(17-37)40-30)36(29)16-22-8-11-38-22/h1-6,12-13,17,22,24H,7-11,14,16,18H2. The lowest BCUT2D eigenvalue weighted by molar-refractivity contribution is -0.0590. The van der Waals surface area contributed by atoms with Crippen LogP contribution in [-0.2, 0) is 17.9 Å². The van der Waals surface area contributed by atoms with Gasteiger partial charge in [-0.15, -0.1) is 0 Å². The molecule has 3 atom stereocenters. The van der Waals surface area contributed by atoms with Crippen LogP contribution < -0.4 is 4.74 Å². The molecule has 1 spiro atoms. The average Bonchev–Trinajstić information content (AvgIpc) is 3.31. The highest BCUT2D eigenvalue weighted by Crippen LogP contribution is 2.66. The van der Waals surface area contributed by atoms with E-state index in [2.05, 4.69) is 15.6 Å². The molecule has 4 heterocycles. The van der Waals surface area contributed by atoms with Crippen LogP contribution in [0.25, 0.3) is 16.8 Å². The van der Waals surface area contributed by atoms with Crippen molar-refractivity contribution in [2.75, 3.05) is 6.61 Å². The first-order chi connectivity index (χ1) is 19.5. The van der Waals surface area contributed by atoms with E-state index in [-0.39, 0.29) is 23.7 Å². The van der Waals surface area contributed by atoms with Gasteiger partial charge in [0.25, 0.3) is 0 Å². The quantitative estimate of drug-likeness (QED) is 0.255. The number of allylic oxidation sites excluding steroid dienone is 2. The number of aldehydes is 1. The number of fused-ring (bicyclic) bond motifs is 1. The number of carbonyl (C=O) groups is 1. The molecular formula is C31H27FN4O4. The molecule has 3 aromatic heterocycles. The molecule has 40 heavy (non-hydrogen) atoms. The Labute approximate surface area is 230 Å². The van der Waals surface area contributed by atoms with Gasteiger partial charge >= 0.3 is 0 Å². The van der Waals surface area contributed by atoms with Crippen LogP contribution in [0.2, 0.25) is 0 Å². The third-order valence-electron chi connectivity index (χ3n) is 8.55. The van der Waals surface area contributed by atoms with Crippen molar-refractivity contribution < 1.29 is 23.1 Å². The molecule has 0 N–H and O–H groups in total. The Morgan fingerprint density at radius 3 is 2.88 bits per heavy atom. The number of hydrogen-bond donors (Lipinski definition) is 0. The molecule has 3 unspecified atom stereocenters. The lowest BCUT2D eigenvalue weighted by Crippen LogP contribution is -2.31. The number of nitrogens with zero attached hydrogens (tertiary/aromatic N) is 4. The molecule has 8 nitrogen and oxygen atoms in total. The van der Waals surface area contributed by atoms with E-state index in [1.165, 1.54) is 11.6 Å². The number of pyridine rings is 1. The maximum atomic E-state index is 14.2. The highest BCUT2D eigenvalue weighted by molar-refractivity contribution is 5.81. The van der Waals surface area contributed by atoms with Crippen molar-refractivity contribution in [3.8, 4) is 11.9 Å². The minimum absolute atomic E-state index is 0.0353. The van der Waals surface area contributed by atoms with Crippen LogP contribution in [0.1, 0.15) is 71.2 Å². The van der Waals surface area contributed by atoms with Gasteiger partial charge in [-0.3, -0.25) is 4.79 Å². The van der Waals surface area contributed by atoms with Crippen LogP contribution in [-0.4, -0.2) is 33.5 Å². The fraction of sp³-hybridized carbons (Fsp3) is 0.355. The second kappa shape index (κ2) is 9.72. The van der Waals surface area contributed by atoms with Crippen molar-refractivity contribution >= 4 is 23.1 Å². The van der Waals surface area contributed by atoms with Gasteiger partial charge in [0.05, 0.1) is 30.0 Å². The van der Waals surface area contributed by atoms with Gasteiger partial charge in [-0.2, -0.15) is 10.2 Å². The summed E-state index contributed by atoms with van der Waals surface area (Å²) in [7, 11) is 0. The van der Waals surface area contributed by atoms with E-state index >= 15 is 0 Å². The lowest BCUT2D eigenvalue weighted by Gasteiger charge is -2.28. The lowest BCUT2D eigenvalue weighted by atomic mass is 9.83. The number of benzene rings is 1. The molecule has 3 aliphatic rings. The summed E-state index contributed by atoms with van der Waals surface area (Å²) >= 11 is 0. The molecular weight excluding hydrogens is 511 g/mol. The number of furan rings is 1. The van der Waals surface area contributed by atoms with E-state index in [1.807, 2.05) is 18.2 Å². The second-order valence-corrected chi connectivity index (χ2v) is 10.9. The zero-order chi connectivity index (χ0) is 27.3. The summed E-state index contributed by atoms with van der Waals surface area (Å²) in [6.45, 7) is 1.55. The number of imidazole rings is 1. The van der Waals surface area contributed by atoms with Crippen molar-refractivity contribution in [2.24, 2.45) is 5.41 Å². The van der Waals surface area contributed by atoms with Gasteiger partial charge in [0.1, 0.15) is 23.8 Å². The summed E-state index contributed by atoms with van der Waals surface area (Å²) in [4.78, 5) is 20.8. The fourth-order valence-electron chi connectivity index (χ4n) is 6.02. The maximum Gasteiger partial charge on any atom is 0.245 e. The van der Waals surface area contributed by atoms with E-state index in [4.69, 9.17) is 24.1 Å². The van der Waals surface area contributed by atoms with Gasteiger partial charge in [-0.25, -0.2) is 9.37 Å². The summed E-state index contributed by atoms with van der Waals surface area (Å²) < 4.78 is 33.6. The molecule has 1 aromatic carbocycles. The monoisotopic (exact) mass is 538 g/mol. The van der Waals surface area contributed by atoms with Crippen LogP contribution >= 0.6 is 0 Å². The van der Waals surface area contributed by atoms with Gasteiger partial charge in [-0.1, -0.05) is 18.2 Å². The SMILES string of the molecule is N#Cc1ccc(COc2cccc(C3=CCC4(CC3)CC4c3nc4oc(C=O)cc4n3CC3CCO3)n2)c(F)c1. The van der Waals surface area contributed by atoms with Crippen LogP contribution in [0.5, 0.6) is 5.88 Å². The molecule has 0 amide bonds. The summed E-state index contributed by atoms with van der Waals surface area (Å²) in [6, 6.07) is 13.7. The maximum absolute atomic E-state index is 14.2. The summed E-state index contributed by atoms with van der Waals surface area (Å²) in [5, 5.41) is 8.93. The number of rotatable bonds is 8. The van der Waals surface area contributed by atoms with Gasteiger partial charge in [0, 0.05) is 30.2 Å². The third-order valence-corrected chi connectivity index (χ3v) is 8.55. The fourth-order valence-corrected chi connectivity index (χ4v) is 6.02.